The summed E-state index contributed by atoms with van der Waals surface area (Å²) in [7, 11) is -4.30. The highest BCUT2D eigenvalue weighted by Crippen LogP contribution is 2.43. The summed E-state index contributed by atoms with van der Waals surface area (Å²) in [5, 5.41) is 13.7. The second kappa shape index (κ2) is 33.2. The molecule has 0 saturated heterocycles. The first-order chi connectivity index (χ1) is 21.9. The lowest BCUT2D eigenvalue weighted by atomic mass is 10.0. The highest BCUT2D eigenvalue weighted by molar-refractivity contribution is 7.47. The van der Waals surface area contributed by atoms with Crippen molar-refractivity contribution in [3.63, 3.8) is 0 Å². The molecule has 0 spiro atoms. The van der Waals surface area contributed by atoms with Crippen LogP contribution in [0.1, 0.15) is 181 Å². The zero-order chi connectivity index (χ0) is 33.3. The van der Waals surface area contributed by atoms with Gasteiger partial charge in [0.25, 0.3) is 0 Å². The Morgan fingerprint density at radius 1 is 0.711 bits per heavy atom. The molecule has 0 aromatic heterocycles. The van der Waals surface area contributed by atoms with Crippen LogP contribution in [-0.4, -0.2) is 47.8 Å². The van der Waals surface area contributed by atoms with Crippen LogP contribution in [0.4, 0.5) is 0 Å². The Morgan fingerprint density at radius 2 is 1.16 bits per heavy atom. The molecule has 0 aliphatic carbocycles. The predicted molar refractivity (Wildman–Crippen MR) is 189 cm³/mol. The summed E-state index contributed by atoms with van der Waals surface area (Å²) in [4.78, 5) is 22.6. The number of rotatable bonds is 35. The summed E-state index contributed by atoms with van der Waals surface area (Å²) < 4.78 is 22.0. The van der Waals surface area contributed by atoms with Crippen LogP contribution in [0.25, 0.3) is 0 Å². The Labute approximate surface area is 277 Å². The van der Waals surface area contributed by atoms with Crippen molar-refractivity contribution in [1.29, 1.82) is 0 Å². The molecule has 8 nitrogen and oxygen atoms in total. The van der Waals surface area contributed by atoms with Gasteiger partial charge in [-0.05, 0) is 38.5 Å². The number of allylic oxidation sites excluding steroid dienone is 2. The van der Waals surface area contributed by atoms with Gasteiger partial charge in [-0.2, -0.15) is 0 Å². The van der Waals surface area contributed by atoms with Gasteiger partial charge in [-0.1, -0.05) is 148 Å². The van der Waals surface area contributed by atoms with Gasteiger partial charge in [-0.15, -0.1) is 0 Å². The number of carbonyl (C=O) groups excluding carboxylic acids is 1. The lowest BCUT2D eigenvalue weighted by molar-refractivity contribution is -0.123. The molecule has 0 fully saturated rings. The minimum Gasteiger partial charge on any atom is -0.391 e. The van der Waals surface area contributed by atoms with Crippen LogP contribution in [0.3, 0.4) is 0 Å². The highest BCUT2D eigenvalue weighted by Gasteiger charge is 2.27. The average Bonchev–Trinajstić information content (AvgIpc) is 3.02. The molecular weight excluding hydrogens is 587 g/mol. The molecular formula is C36H73N2O6P. The Kier molecular flexibility index (Phi) is 32.6. The van der Waals surface area contributed by atoms with E-state index in [1.54, 1.807) is 0 Å². The number of unbranched alkanes of at least 4 members (excludes halogenated alkanes) is 21. The van der Waals surface area contributed by atoms with Crippen molar-refractivity contribution < 1.29 is 28.4 Å². The number of aliphatic hydroxyl groups is 1. The standard InChI is InChI=1S/C36H73N2O6P/c1-3-5-7-9-11-13-15-16-17-18-19-20-22-24-26-28-30-36(40)38-34(33-44-45(41,42)43-32-31-37)35(39)29-27-25-23-21-14-12-10-8-6-4-2/h17-18,34-35,39H,3-16,19-33,37H2,1-2H3,(H,38,40)(H,41,42)/b18-17-. The fourth-order valence-electron chi connectivity index (χ4n) is 5.48. The molecule has 0 bridgehead atoms. The first-order valence-electron chi connectivity index (χ1n) is 18.8. The van der Waals surface area contributed by atoms with Gasteiger partial charge in [-0.25, -0.2) is 4.57 Å². The van der Waals surface area contributed by atoms with Crippen molar-refractivity contribution in [2.75, 3.05) is 19.8 Å². The highest BCUT2D eigenvalue weighted by atomic mass is 31.2. The maximum atomic E-state index is 12.7. The van der Waals surface area contributed by atoms with E-state index in [0.717, 1.165) is 51.4 Å². The lowest BCUT2D eigenvalue weighted by Gasteiger charge is -2.25. The largest absolute Gasteiger partial charge is 0.472 e. The van der Waals surface area contributed by atoms with Gasteiger partial charge < -0.3 is 21.1 Å². The summed E-state index contributed by atoms with van der Waals surface area (Å²) in [6, 6.07) is -0.772. The molecule has 3 unspecified atom stereocenters. The van der Waals surface area contributed by atoms with E-state index in [0.29, 0.717) is 12.8 Å². The van der Waals surface area contributed by atoms with Gasteiger partial charge in [-0.3, -0.25) is 13.8 Å². The zero-order valence-electron chi connectivity index (χ0n) is 29.4. The number of amides is 1. The SMILES string of the molecule is CCCCCCCCC/C=C\CCCCCCCC(=O)NC(COP(=O)(O)OCCN)C(O)CCCCCCCCCCCC. The van der Waals surface area contributed by atoms with Crippen molar-refractivity contribution in [1.82, 2.24) is 5.32 Å². The summed E-state index contributed by atoms with van der Waals surface area (Å²) >= 11 is 0. The molecule has 3 atom stereocenters. The van der Waals surface area contributed by atoms with Crippen LogP contribution in [-0.2, 0) is 18.4 Å². The number of hydrogen-bond acceptors (Lipinski definition) is 6. The van der Waals surface area contributed by atoms with Gasteiger partial charge in [0.05, 0.1) is 25.4 Å². The van der Waals surface area contributed by atoms with E-state index >= 15 is 0 Å². The second-order valence-corrected chi connectivity index (χ2v) is 14.2. The van der Waals surface area contributed by atoms with Gasteiger partial charge in [0.15, 0.2) is 0 Å². The van der Waals surface area contributed by atoms with E-state index in [9.17, 15) is 19.4 Å². The number of carbonyl (C=O) groups is 1. The fraction of sp³-hybridized carbons (Fsp3) is 0.917. The maximum Gasteiger partial charge on any atom is 0.472 e. The summed E-state index contributed by atoms with van der Waals surface area (Å²) in [5.74, 6) is -0.172. The topological polar surface area (TPSA) is 131 Å². The summed E-state index contributed by atoms with van der Waals surface area (Å²) in [6.45, 7) is 4.17. The molecule has 0 aliphatic rings. The normalized spacial score (nSPS) is 14.5. The molecule has 0 saturated carbocycles. The van der Waals surface area contributed by atoms with E-state index in [1.807, 2.05) is 0 Å². The minimum absolute atomic E-state index is 0.0887. The fourth-order valence-corrected chi connectivity index (χ4v) is 6.24. The van der Waals surface area contributed by atoms with Crippen LogP contribution in [0.2, 0.25) is 0 Å². The van der Waals surface area contributed by atoms with E-state index in [4.69, 9.17) is 14.8 Å². The third-order valence-electron chi connectivity index (χ3n) is 8.37. The first-order valence-corrected chi connectivity index (χ1v) is 20.3. The van der Waals surface area contributed by atoms with Crippen LogP contribution < -0.4 is 11.1 Å². The number of phosphoric ester groups is 1. The van der Waals surface area contributed by atoms with E-state index < -0.39 is 20.0 Å². The van der Waals surface area contributed by atoms with Crippen molar-refractivity contribution in [3.8, 4) is 0 Å². The van der Waals surface area contributed by atoms with E-state index in [1.165, 1.54) is 103 Å². The number of nitrogens with two attached hydrogens (primary N) is 1. The smallest absolute Gasteiger partial charge is 0.391 e. The third kappa shape index (κ3) is 31.6. The molecule has 0 radical (unpaired) electrons. The monoisotopic (exact) mass is 661 g/mol. The van der Waals surface area contributed by atoms with Crippen LogP contribution >= 0.6 is 7.82 Å². The molecule has 45 heavy (non-hydrogen) atoms. The van der Waals surface area contributed by atoms with Gasteiger partial charge in [0, 0.05) is 13.0 Å². The lowest BCUT2D eigenvalue weighted by Crippen LogP contribution is -2.46. The van der Waals surface area contributed by atoms with Crippen molar-refractivity contribution in [2.24, 2.45) is 5.73 Å². The van der Waals surface area contributed by atoms with Gasteiger partial charge >= 0.3 is 7.82 Å². The van der Waals surface area contributed by atoms with Crippen molar-refractivity contribution >= 4 is 13.7 Å². The summed E-state index contributed by atoms with van der Waals surface area (Å²) in [6.07, 6.45) is 33.6. The quantitative estimate of drug-likeness (QED) is 0.0302. The van der Waals surface area contributed by atoms with Crippen molar-refractivity contribution in [3.05, 3.63) is 12.2 Å². The second-order valence-electron chi connectivity index (χ2n) is 12.8. The molecule has 0 rings (SSSR count). The average molecular weight is 661 g/mol. The molecule has 268 valence electrons. The van der Waals surface area contributed by atoms with Gasteiger partial charge in [0.1, 0.15) is 0 Å². The third-order valence-corrected chi connectivity index (χ3v) is 9.35. The van der Waals surface area contributed by atoms with E-state index in [-0.39, 0.29) is 25.7 Å². The Hall–Kier alpha value is -0.760. The van der Waals surface area contributed by atoms with E-state index in [2.05, 4.69) is 31.3 Å². The maximum absolute atomic E-state index is 12.7. The first kappa shape index (κ1) is 44.2. The van der Waals surface area contributed by atoms with Crippen LogP contribution in [0.5, 0.6) is 0 Å². The van der Waals surface area contributed by atoms with Crippen molar-refractivity contribution in [2.45, 2.75) is 193 Å². The molecule has 0 aromatic rings. The molecule has 0 aromatic carbocycles. The molecule has 5 N–H and O–H groups in total. The Bertz CT molecular complexity index is 724. The summed E-state index contributed by atoms with van der Waals surface area (Å²) in [5.41, 5.74) is 5.35. The predicted octanol–water partition coefficient (Wildman–Crippen LogP) is 9.66. The molecule has 1 amide bonds. The Balaban J connectivity index is 4.22. The number of hydrogen-bond donors (Lipinski definition) is 4. The molecule has 0 aliphatic heterocycles. The Morgan fingerprint density at radius 3 is 1.64 bits per heavy atom. The molecule has 0 heterocycles. The van der Waals surface area contributed by atoms with Crippen LogP contribution in [0.15, 0.2) is 12.2 Å². The zero-order valence-corrected chi connectivity index (χ0v) is 30.3. The van der Waals surface area contributed by atoms with Gasteiger partial charge in [0.2, 0.25) is 5.91 Å². The molecule has 9 heteroatoms. The number of phosphoric acid groups is 1. The minimum atomic E-state index is -4.30. The number of aliphatic hydroxyl groups excluding tert-OH is 1. The number of nitrogens with one attached hydrogen (secondary N) is 1. The van der Waals surface area contributed by atoms with Crippen LogP contribution in [0, 0.1) is 0 Å².